The van der Waals surface area contributed by atoms with Gasteiger partial charge in [-0.25, -0.2) is 4.79 Å². The van der Waals surface area contributed by atoms with Crippen LogP contribution in [0.4, 0.5) is 5.69 Å². The highest BCUT2D eigenvalue weighted by atomic mass is 16.5. The molecule has 0 aromatic heterocycles. The van der Waals surface area contributed by atoms with Crippen LogP contribution in [0.2, 0.25) is 0 Å². The molecule has 1 aromatic carbocycles. The zero-order valence-electron chi connectivity index (χ0n) is 11.3. The molecule has 2 bridgehead atoms. The summed E-state index contributed by atoms with van der Waals surface area (Å²) in [7, 11) is 2.89. The van der Waals surface area contributed by atoms with Crippen LogP contribution < -0.4 is 4.90 Å². The molecule has 20 heavy (non-hydrogen) atoms. The van der Waals surface area contributed by atoms with E-state index in [4.69, 9.17) is 9.47 Å². The molecule has 1 aliphatic heterocycles. The van der Waals surface area contributed by atoms with E-state index in [0.29, 0.717) is 17.7 Å². The van der Waals surface area contributed by atoms with E-state index in [-0.39, 0.29) is 11.8 Å². The van der Waals surface area contributed by atoms with E-state index in [1.54, 1.807) is 36.3 Å². The van der Waals surface area contributed by atoms with Gasteiger partial charge < -0.3 is 9.47 Å². The number of benzene rings is 1. The minimum atomic E-state index is -0.786. The van der Waals surface area contributed by atoms with Gasteiger partial charge in [0.15, 0.2) is 5.72 Å². The summed E-state index contributed by atoms with van der Waals surface area (Å²) in [5.41, 5.74) is 0.102. The number of rotatable bonds is 3. The predicted octanol–water partition coefficient (Wildman–Crippen LogP) is 1.74. The Morgan fingerprint density at radius 1 is 1.35 bits per heavy atom. The number of carbonyl (C=O) groups excluding carboxylic acids is 2. The Balaban J connectivity index is 2.12. The molecule has 5 nitrogen and oxygen atoms in total. The molecule has 1 amide bonds. The lowest BCUT2D eigenvalue weighted by Gasteiger charge is -2.35. The molecule has 0 saturated carbocycles. The Morgan fingerprint density at radius 2 is 2.10 bits per heavy atom. The molecular formula is C15H15NO4. The molecule has 2 aliphatic rings. The Bertz CT molecular complexity index is 610. The SMILES string of the molecule is COC(=O)c1ccccc1N1C(=O)[C@@H]2C=C[C@]1(OC)C2. The van der Waals surface area contributed by atoms with E-state index in [0.717, 1.165) is 0 Å². The van der Waals surface area contributed by atoms with Crippen LogP contribution in [0.15, 0.2) is 36.4 Å². The minimum absolute atomic E-state index is 0.0503. The summed E-state index contributed by atoms with van der Waals surface area (Å²) >= 11 is 0. The van der Waals surface area contributed by atoms with Gasteiger partial charge in [0.25, 0.3) is 0 Å². The molecule has 5 heteroatoms. The summed E-state index contributed by atoms with van der Waals surface area (Å²) in [6.45, 7) is 0. The molecule has 3 rings (SSSR count). The Labute approximate surface area is 116 Å². The highest BCUT2D eigenvalue weighted by Crippen LogP contribution is 2.46. The molecule has 1 fully saturated rings. The first-order chi connectivity index (χ1) is 9.63. The van der Waals surface area contributed by atoms with E-state index in [9.17, 15) is 9.59 Å². The molecule has 104 valence electrons. The molecule has 0 unspecified atom stereocenters. The van der Waals surface area contributed by atoms with Gasteiger partial charge in [0.1, 0.15) is 0 Å². The first-order valence-corrected chi connectivity index (χ1v) is 6.39. The first-order valence-electron chi connectivity index (χ1n) is 6.39. The van der Waals surface area contributed by atoms with Crippen molar-refractivity contribution in [3.8, 4) is 0 Å². The lowest BCUT2D eigenvalue weighted by Crippen LogP contribution is -2.47. The third-order valence-corrected chi connectivity index (χ3v) is 3.92. The molecule has 0 spiro atoms. The number of anilines is 1. The lowest BCUT2D eigenvalue weighted by molar-refractivity contribution is -0.120. The van der Waals surface area contributed by atoms with Crippen molar-refractivity contribution in [2.45, 2.75) is 12.1 Å². The van der Waals surface area contributed by atoms with Crippen molar-refractivity contribution in [1.82, 2.24) is 0 Å². The molecule has 1 aliphatic carbocycles. The first kappa shape index (κ1) is 12.9. The fourth-order valence-corrected chi connectivity index (χ4v) is 2.92. The number of ether oxygens (including phenoxy) is 2. The number of amides is 1. The second kappa shape index (κ2) is 4.45. The summed E-state index contributed by atoms with van der Waals surface area (Å²) in [5.74, 6) is -0.697. The predicted molar refractivity (Wildman–Crippen MR) is 72.3 cm³/mol. The van der Waals surface area contributed by atoms with Crippen molar-refractivity contribution in [3.05, 3.63) is 42.0 Å². The fourth-order valence-electron chi connectivity index (χ4n) is 2.92. The molecule has 2 atom stereocenters. The number of carbonyl (C=O) groups is 2. The van der Waals surface area contributed by atoms with E-state index in [1.807, 2.05) is 12.2 Å². The largest absolute Gasteiger partial charge is 0.465 e. The smallest absolute Gasteiger partial charge is 0.339 e. The quantitative estimate of drug-likeness (QED) is 0.622. The zero-order chi connectivity index (χ0) is 14.3. The van der Waals surface area contributed by atoms with Gasteiger partial charge in [-0.1, -0.05) is 18.2 Å². The monoisotopic (exact) mass is 273 g/mol. The topological polar surface area (TPSA) is 55.8 Å². The van der Waals surface area contributed by atoms with Gasteiger partial charge in [-0.2, -0.15) is 0 Å². The number of hydrogen-bond donors (Lipinski definition) is 0. The van der Waals surface area contributed by atoms with Crippen LogP contribution >= 0.6 is 0 Å². The number of nitrogens with zero attached hydrogens (tertiary/aromatic N) is 1. The maximum atomic E-state index is 12.4. The minimum Gasteiger partial charge on any atom is -0.465 e. The van der Waals surface area contributed by atoms with Gasteiger partial charge in [0, 0.05) is 13.5 Å². The average molecular weight is 273 g/mol. The number of para-hydroxylation sites is 1. The lowest BCUT2D eigenvalue weighted by atomic mass is 10.1. The molecule has 1 heterocycles. The normalized spacial score (nSPS) is 27.2. The highest BCUT2D eigenvalue weighted by Gasteiger charge is 2.54. The maximum absolute atomic E-state index is 12.4. The van der Waals surface area contributed by atoms with Crippen LogP contribution in [0, 0.1) is 5.92 Å². The van der Waals surface area contributed by atoms with E-state index < -0.39 is 11.7 Å². The Hall–Kier alpha value is -2.14. The number of esters is 1. The summed E-state index contributed by atoms with van der Waals surface area (Å²) in [5, 5.41) is 0. The van der Waals surface area contributed by atoms with Gasteiger partial charge in [-0.3, -0.25) is 9.69 Å². The third kappa shape index (κ3) is 1.59. The summed E-state index contributed by atoms with van der Waals surface area (Å²) in [4.78, 5) is 25.9. The molecule has 0 radical (unpaired) electrons. The standard InChI is InChI=1S/C15H15NO4/c1-19-14(18)11-5-3-4-6-12(11)16-13(17)10-7-8-15(16,9-10)20-2/h3-8,10H,9H2,1-2H3/t10-,15+/m1/s1. The molecule has 1 aromatic rings. The summed E-state index contributed by atoms with van der Waals surface area (Å²) in [6.07, 6.45) is 4.33. The van der Waals surface area contributed by atoms with Crippen LogP contribution in [0.1, 0.15) is 16.8 Å². The highest BCUT2D eigenvalue weighted by molar-refractivity contribution is 6.07. The van der Waals surface area contributed by atoms with Crippen molar-refractivity contribution in [2.75, 3.05) is 19.1 Å². The Kier molecular flexibility index (Phi) is 2.87. The van der Waals surface area contributed by atoms with E-state index in [2.05, 4.69) is 0 Å². The fraction of sp³-hybridized carbons (Fsp3) is 0.333. The molecular weight excluding hydrogens is 258 g/mol. The molecule has 0 N–H and O–H groups in total. The van der Waals surface area contributed by atoms with Crippen LogP contribution in [0.5, 0.6) is 0 Å². The number of hydrogen-bond acceptors (Lipinski definition) is 4. The second-order valence-corrected chi connectivity index (χ2v) is 4.90. The number of methoxy groups -OCH3 is 2. The van der Waals surface area contributed by atoms with Crippen LogP contribution in [-0.4, -0.2) is 31.8 Å². The van der Waals surface area contributed by atoms with Crippen LogP contribution in [0.3, 0.4) is 0 Å². The zero-order valence-corrected chi connectivity index (χ0v) is 11.3. The second-order valence-electron chi connectivity index (χ2n) is 4.90. The summed E-state index contributed by atoms with van der Waals surface area (Å²) in [6, 6.07) is 6.91. The average Bonchev–Trinajstić information content (AvgIpc) is 3.03. The van der Waals surface area contributed by atoms with Crippen LogP contribution in [0.25, 0.3) is 0 Å². The van der Waals surface area contributed by atoms with Gasteiger partial charge in [-0.15, -0.1) is 0 Å². The van der Waals surface area contributed by atoms with Gasteiger partial charge >= 0.3 is 5.97 Å². The van der Waals surface area contributed by atoms with E-state index in [1.165, 1.54) is 7.11 Å². The third-order valence-electron chi connectivity index (χ3n) is 3.92. The van der Waals surface area contributed by atoms with Crippen molar-refractivity contribution in [2.24, 2.45) is 5.92 Å². The van der Waals surface area contributed by atoms with Gasteiger partial charge in [0.05, 0.1) is 24.3 Å². The van der Waals surface area contributed by atoms with Gasteiger partial charge in [-0.05, 0) is 18.2 Å². The van der Waals surface area contributed by atoms with Crippen molar-refractivity contribution < 1.29 is 19.1 Å². The maximum Gasteiger partial charge on any atom is 0.339 e. The molecule has 1 saturated heterocycles. The van der Waals surface area contributed by atoms with E-state index >= 15 is 0 Å². The van der Waals surface area contributed by atoms with Crippen molar-refractivity contribution in [3.63, 3.8) is 0 Å². The number of fused-ring (bicyclic) bond motifs is 2. The summed E-state index contributed by atoms with van der Waals surface area (Å²) < 4.78 is 10.3. The van der Waals surface area contributed by atoms with Gasteiger partial charge in [0.2, 0.25) is 5.91 Å². The van der Waals surface area contributed by atoms with Crippen molar-refractivity contribution >= 4 is 17.6 Å². The van der Waals surface area contributed by atoms with Crippen molar-refractivity contribution in [1.29, 1.82) is 0 Å². The van der Waals surface area contributed by atoms with Crippen LogP contribution in [-0.2, 0) is 14.3 Å². The Morgan fingerprint density at radius 3 is 2.80 bits per heavy atom.